The molecule has 0 saturated heterocycles. The molecule has 6 rings (SSSR count). The van der Waals surface area contributed by atoms with Crippen molar-refractivity contribution in [3.8, 4) is 11.1 Å². The smallest absolute Gasteiger partial charge is 0.0514 e. The fourth-order valence-electron chi connectivity index (χ4n) is 5.54. The molecule has 6 aromatic carbocycles. The zero-order chi connectivity index (χ0) is 29.1. The lowest BCUT2D eigenvalue weighted by molar-refractivity contribution is 1.19. The minimum Gasteiger partial charge on any atom is -0.310 e. The maximum absolute atomic E-state index is 2.39. The van der Waals surface area contributed by atoms with Crippen molar-refractivity contribution in [1.82, 2.24) is 0 Å². The molecular weight excluding hydrogens is 508 g/mol. The lowest BCUT2D eigenvalue weighted by Gasteiger charge is -2.32. The summed E-state index contributed by atoms with van der Waals surface area (Å²) in [6.07, 6.45) is 0. The van der Waals surface area contributed by atoms with E-state index in [1.54, 1.807) is 0 Å². The van der Waals surface area contributed by atoms with Crippen molar-refractivity contribution < 1.29 is 0 Å². The molecule has 0 atom stereocenters. The number of rotatable bonds is 7. The highest BCUT2D eigenvalue weighted by Gasteiger charge is 2.22. The van der Waals surface area contributed by atoms with Gasteiger partial charge in [-0.2, -0.15) is 0 Å². The highest BCUT2D eigenvalue weighted by Crippen LogP contribution is 2.44. The van der Waals surface area contributed by atoms with Crippen molar-refractivity contribution in [2.24, 2.45) is 0 Å². The first-order chi connectivity index (χ1) is 20.5. The van der Waals surface area contributed by atoms with E-state index in [1.807, 2.05) is 0 Å². The Balaban J connectivity index is 1.53. The van der Waals surface area contributed by atoms with E-state index in [0.717, 1.165) is 34.1 Å². The van der Waals surface area contributed by atoms with Crippen LogP contribution in [0.25, 0.3) is 11.1 Å². The molecule has 0 aromatic heterocycles. The molecule has 0 fully saturated rings. The van der Waals surface area contributed by atoms with Gasteiger partial charge in [0.25, 0.3) is 0 Å². The third kappa shape index (κ3) is 5.57. The molecule has 0 bridgehead atoms. The van der Waals surface area contributed by atoms with E-state index in [-0.39, 0.29) is 0 Å². The average Bonchev–Trinajstić information content (AvgIpc) is 3.02. The van der Waals surface area contributed by atoms with Gasteiger partial charge in [-0.15, -0.1) is 0 Å². The fourth-order valence-corrected chi connectivity index (χ4v) is 5.54. The maximum Gasteiger partial charge on any atom is 0.0514 e. The molecule has 0 aliphatic rings. The maximum atomic E-state index is 2.39. The van der Waals surface area contributed by atoms with Crippen LogP contribution in [0.2, 0.25) is 0 Å². The average molecular weight is 545 g/mol. The lowest BCUT2D eigenvalue weighted by Crippen LogP contribution is -2.16. The van der Waals surface area contributed by atoms with Crippen LogP contribution in [0, 0.1) is 27.7 Å². The first kappa shape index (κ1) is 27.1. The molecule has 0 radical (unpaired) electrons. The Hall–Kier alpha value is -5.08. The molecular formula is C40H36N2. The predicted octanol–water partition coefficient (Wildman–Crippen LogP) is 11.5. The third-order valence-electron chi connectivity index (χ3n) is 7.81. The van der Waals surface area contributed by atoms with Crippen LogP contribution in [-0.2, 0) is 0 Å². The molecule has 0 amide bonds. The number of hydrogen-bond acceptors (Lipinski definition) is 2. The van der Waals surface area contributed by atoms with Crippen molar-refractivity contribution in [2.45, 2.75) is 27.7 Å². The molecule has 206 valence electrons. The summed E-state index contributed by atoms with van der Waals surface area (Å²) in [7, 11) is 0. The zero-order valence-electron chi connectivity index (χ0n) is 24.8. The van der Waals surface area contributed by atoms with Gasteiger partial charge in [-0.25, -0.2) is 0 Å². The van der Waals surface area contributed by atoms with E-state index in [0.29, 0.717) is 0 Å². The van der Waals surface area contributed by atoms with Gasteiger partial charge in [0.1, 0.15) is 0 Å². The van der Waals surface area contributed by atoms with Crippen LogP contribution in [0.4, 0.5) is 34.1 Å². The predicted molar refractivity (Wildman–Crippen MR) is 180 cm³/mol. The van der Waals surface area contributed by atoms with Crippen LogP contribution in [-0.4, -0.2) is 0 Å². The number of benzene rings is 6. The summed E-state index contributed by atoms with van der Waals surface area (Å²) in [5.74, 6) is 0. The number of aryl methyl sites for hydroxylation is 3. The minimum atomic E-state index is 1.12. The Bertz CT molecular complexity index is 1770. The topological polar surface area (TPSA) is 6.48 Å². The van der Waals surface area contributed by atoms with E-state index in [4.69, 9.17) is 0 Å². The molecule has 2 heteroatoms. The molecule has 0 unspecified atom stereocenters. The van der Waals surface area contributed by atoms with E-state index in [1.165, 1.54) is 33.4 Å². The normalized spacial score (nSPS) is 10.9. The van der Waals surface area contributed by atoms with Gasteiger partial charge < -0.3 is 9.80 Å². The highest BCUT2D eigenvalue weighted by molar-refractivity contribution is 5.87. The Morgan fingerprint density at radius 1 is 0.333 bits per heavy atom. The monoisotopic (exact) mass is 544 g/mol. The molecule has 0 heterocycles. The quantitative estimate of drug-likeness (QED) is 0.197. The van der Waals surface area contributed by atoms with E-state index >= 15 is 0 Å². The van der Waals surface area contributed by atoms with Crippen LogP contribution in [0.1, 0.15) is 22.3 Å². The Morgan fingerprint density at radius 2 is 0.690 bits per heavy atom. The summed E-state index contributed by atoms with van der Waals surface area (Å²) >= 11 is 0. The van der Waals surface area contributed by atoms with Gasteiger partial charge in [0.2, 0.25) is 0 Å². The number of nitrogens with zero attached hydrogens (tertiary/aromatic N) is 2. The number of para-hydroxylation sites is 1. The van der Waals surface area contributed by atoms with Gasteiger partial charge >= 0.3 is 0 Å². The lowest BCUT2D eigenvalue weighted by atomic mass is 10.0. The number of anilines is 6. The Labute approximate surface area is 250 Å². The van der Waals surface area contributed by atoms with E-state index in [2.05, 4.69) is 183 Å². The SMILES string of the molecule is Cc1ccc(N(c2ccccc2)c2cc(C)cc(N(c3ccc(C)cc3)c3ccc(-c4ccccc4)cc3)c2C)cc1. The molecule has 0 aliphatic carbocycles. The first-order valence-corrected chi connectivity index (χ1v) is 14.5. The Kier molecular flexibility index (Phi) is 7.62. The van der Waals surface area contributed by atoms with E-state index < -0.39 is 0 Å². The minimum absolute atomic E-state index is 1.12. The summed E-state index contributed by atoms with van der Waals surface area (Å²) < 4.78 is 0. The highest BCUT2D eigenvalue weighted by atomic mass is 15.2. The molecule has 2 nitrogen and oxygen atoms in total. The van der Waals surface area contributed by atoms with Gasteiger partial charge in [0.05, 0.1) is 11.4 Å². The van der Waals surface area contributed by atoms with Gasteiger partial charge in [-0.1, -0.05) is 96.1 Å². The van der Waals surface area contributed by atoms with Crippen LogP contribution in [0.3, 0.4) is 0 Å². The second-order valence-corrected chi connectivity index (χ2v) is 11.0. The summed E-state index contributed by atoms with van der Waals surface area (Å²) in [5.41, 5.74) is 14.2. The second kappa shape index (κ2) is 11.8. The van der Waals surface area contributed by atoms with Crippen LogP contribution in [0.5, 0.6) is 0 Å². The summed E-state index contributed by atoms with van der Waals surface area (Å²) in [6.45, 7) is 8.71. The second-order valence-electron chi connectivity index (χ2n) is 11.0. The number of hydrogen-bond donors (Lipinski definition) is 0. The summed E-state index contributed by atoms with van der Waals surface area (Å²) in [6, 6.07) is 52.3. The first-order valence-electron chi connectivity index (χ1n) is 14.5. The van der Waals surface area contributed by atoms with Crippen molar-refractivity contribution in [2.75, 3.05) is 9.80 Å². The molecule has 0 N–H and O–H groups in total. The van der Waals surface area contributed by atoms with Crippen molar-refractivity contribution in [1.29, 1.82) is 0 Å². The fraction of sp³-hybridized carbons (Fsp3) is 0.100. The van der Waals surface area contributed by atoms with Crippen molar-refractivity contribution in [3.63, 3.8) is 0 Å². The van der Waals surface area contributed by atoms with Crippen molar-refractivity contribution >= 4 is 34.1 Å². The summed E-state index contributed by atoms with van der Waals surface area (Å²) in [5, 5.41) is 0. The molecule has 0 aliphatic heterocycles. The molecule has 6 aromatic rings. The Morgan fingerprint density at radius 3 is 1.14 bits per heavy atom. The van der Waals surface area contributed by atoms with Gasteiger partial charge in [0.15, 0.2) is 0 Å². The van der Waals surface area contributed by atoms with Crippen molar-refractivity contribution in [3.05, 3.63) is 168 Å². The van der Waals surface area contributed by atoms with Gasteiger partial charge in [-0.3, -0.25) is 0 Å². The zero-order valence-corrected chi connectivity index (χ0v) is 24.8. The van der Waals surface area contributed by atoms with Crippen LogP contribution in [0.15, 0.2) is 146 Å². The van der Waals surface area contributed by atoms with Crippen LogP contribution < -0.4 is 9.80 Å². The molecule has 42 heavy (non-hydrogen) atoms. The standard InChI is InChI=1S/C40H36N2/c1-29-15-21-36(22-16-29)41(35-13-9-6-10-14-35)39-27-31(3)28-40(32(39)4)42(37-23-17-30(2)18-24-37)38-25-19-34(20-26-38)33-11-7-5-8-12-33/h5-28H,1-4H3. The molecule has 0 saturated carbocycles. The van der Waals surface area contributed by atoms with Crippen LogP contribution >= 0.6 is 0 Å². The largest absolute Gasteiger partial charge is 0.310 e. The van der Waals surface area contributed by atoms with Gasteiger partial charge in [0, 0.05) is 22.7 Å². The van der Waals surface area contributed by atoms with Gasteiger partial charge in [-0.05, 0) is 111 Å². The summed E-state index contributed by atoms with van der Waals surface area (Å²) in [4.78, 5) is 4.76. The third-order valence-corrected chi connectivity index (χ3v) is 7.81. The molecule has 0 spiro atoms. The van der Waals surface area contributed by atoms with E-state index in [9.17, 15) is 0 Å².